The summed E-state index contributed by atoms with van der Waals surface area (Å²) in [5.41, 5.74) is -0.383. The fourth-order valence-electron chi connectivity index (χ4n) is 5.02. The van der Waals surface area contributed by atoms with E-state index in [2.05, 4.69) is 0 Å². The van der Waals surface area contributed by atoms with E-state index in [9.17, 15) is 19.5 Å². The molecule has 1 atom stereocenters. The van der Waals surface area contributed by atoms with Gasteiger partial charge in [0.05, 0.1) is 17.9 Å². The van der Waals surface area contributed by atoms with Gasteiger partial charge >= 0.3 is 0 Å². The first-order valence-corrected chi connectivity index (χ1v) is 12.4. The van der Waals surface area contributed by atoms with Crippen LogP contribution in [0.1, 0.15) is 37.8 Å². The number of para-hydroxylation sites is 1. The van der Waals surface area contributed by atoms with Gasteiger partial charge in [0.2, 0.25) is 0 Å². The summed E-state index contributed by atoms with van der Waals surface area (Å²) >= 11 is 0. The molecule has 190 valence electrons. The molecular formula is C28H33N3O5. The van der Waals surface area contributed by atoms with Crippen LogP contribution < -0.4 is 9.64 Å². The van der Waals surface area contributed by atoms with Crippen molar-refractivity contribution >= 4 is 29.0 Å². The number of unbranched alkanes of at least 4 members (excludes halogenated alkanes) is 1. The monoisotopic (exact) mass is 491 g/mol. The van der Waals surface area contributed by atoms with Gasteiger partial charge < -0.3 is 24.5 Å². The summed E-state index contributed by atoms with van der Waals surface area (Å²) in [5, 5.41) is 11.5. The first kappa shape index (κ1) is 25.4. The van der Waals surface area contributed by atoms with Crippen molar-refractivity contribution in [2.45, 2.75) is 32.2 Å². The van der Waals surface area contributed by atoms with Crippen molar-refractivity contribution in [2.24, 2.45) is 0 Å². The van der Waals surface area contributed by atoms with Crippen LogP contribution in [0.2, 0.25) is 0 Å². The van der Waals surface area contributed by atoms with Gasteiger partial charge in [-0.05, 0) is 57.8 Å². The molecule has 0 aromatic heterocycles. The summed E-state index contributed by atoms with van der Waals surface area (Å²) < 4.78 is 5.49. The third kappa shape index (κ3) is 3.95. The Bertz CT molecular complexity index is 1200. The average molecular weight is 492 g/mol. The number of Topliss-reactive ketones (excluding diaryl/α,β-unsaturated/α-hetero) is 1. The number of rotatable bonds is 9. The number of aliphatic hydroxyl groups is 1. The number of carbonyl (C=O) groups excluding carboxylic acids is 3. The summed E-state index contributed by atoms with van der Waals surface area (Å²) in [5.74, 6) is -1.79. The summed E-state index contributed by atoms with van der Waals surface area (Å²) in [7, 11) is 3.72. The van der Waals surface area contributed by atoms with Crippen molar-refractivity contribution in [2.75, 3.05) is 45.2 Å². The largest absolute Gasteiger partial charge is 0.507 e. The molecule has 0 saturated carbocycles. The van der Waals surface area contributed by atoms with E-state index in [0.29, 0.717) is 42.3 Å². The second-order valence-electron chi connectivity index (χ2n) is 9.31. The molecule has 1 saturated heterocycles. The maximum Gasteiger partial charge on any atom is 0.296 e. The second kappa shape index (κ2) is 10.1. The van der Waals surface area contributed by atoms with E-state index in [1.165, 1.54) is 4.90 Å². The molecule has 2 aliphatic heterocycles. The van der Waals surface area contributed by atoms with E-state index in [4.69, 9.17) is 4.74 Å². The first-order chi connectivity index (χ1) is 17.3. The van der Waals surface area contributed by atoms with Crippen LogP contribution in [0, 0.1) is 0 Å². The van der Waals surface area contributed by atoms with Crippen LogP contribution in [-0.4, -0.2) is 72.8 Å². The first-order valence-electron chi connectivity index (χ1n) is 12.4. The van der Waals surface area contributed by atoms with Crippen LogP contribution in [-0.2, 0) is 19.9 Å². The third-order valence-electron chi connectivity index (χ3n) is 6.75. The molecule has 0 aliphatic carbocycles. The summed E-state index contributed by atoms with van der Waals surface area (Å²) in [6.07, 6.45) is 1.64. The molecular weight excluding hydrogens is 458 g/mol. The summed E-state index contributed by atoms with van der Waals surface area (Å²) in [6, 6.07) is 13.9. The summed E-state index contributed by atoms with van der Waals surface area (Å²) in [4.78, 5) is 46.2. The van der Waals surface area contributed by atoms with Crippen molar-refractivity contribution in [3.63, 3.8) is 0 Å². The molecule has 2 aliphatic rings. The lowest BCUT2D eigenvalue weighted by atomic mass is 9.82. The van der Waals surface area contributed by atoms with Crippen molar-refractivity contribution in [3.8, 4) is 5.75 Å². The predicted octanol–water partition coefficient (Wildman–Crippen LogP) is 3.37. The number of carbonyl (C=O) groups is 3. The molecule has 2 amide bonds. The lowest BCUT2D eigenvalue weighted by Crippen LogP contribution is -2.53. The van der Waals surface area contributed by atoms with Gasteiger partial charge in [-0.25, -0.2) is 0 Å². The van der Waals surface area contributed by atoms with Crippen LogP contribution >= 0.6 is 0 Å². The van der Waals surface area contributed by atoms with Gasteiger partial charge in [0, 0.05) is 30.8 Å². The maximum atomic E-state index is 14.3. The number of benzene rings is 2. The zero-order valence-electron chi connectivity index (χ0n) is 21.3. The van der Waals surface area contributed by atoms with E-state index in [1.54, 1.807) is 41.3 Å². The third-order valence-corrected chi connectivity index (χ3v) is 6.75. The smallest absolute Gasteiger partial charge is 0.296 e. The van der Waals surface area contributed by atoms with Gasteiger partial charge in [-0.2, -0.15) is 0 Å². The van der Waals surface area contributed by atoms with Gasteiger partial charge in [-0.1, -0.05) is 31.5 Å². The Morgan fingerprint density at radius 1 is 1.00 bits per heavy atom. The predicted molar refractivity (Wildman–Crippen MR) is 138 cm³/mol. The molecule has 0 bridgehead atoms. The Hall–Kier alpha value is -3.65. The number of anilines is 1. The molecule has 1 fully saturated rings. The number of fused-ring (bicyclic) bond motifs is 2. The number of ketones is 1. The van der Waals surface area contributed by atoms with Crippen molar-refractivity contribution in [1.82, 2.24) is 9.80 Å². The average Bonchev–Trinajstić information content (AvgIpc) is 3.24. The van der Waals surface area contributed by atoms with Crippen LogP contribution in [0.25, 0.3) is 5.76 Å². The molecule has 0 radical (unpaired) electrons. The van der Waals surface area contributed by atoms with Gasteiger partial charge in [0.25, 0.3) is 17.6 Å². The number of hydrogen-bond donors (Lipinski definition) is 1. The molecule has 0 unspecified atom stereocenters. The van der Waals surface area contributed by atoms with Crippen molar-refractivity contribution in [1.29, 1.82) is 0 Å². The lowest BCUT2D eigenvalue weighted by molar-refractivity contribution is -0.143. The fourth-order valence-corrected chi connectivity index (χ4v) is 5.02. The lowest BCUT2D eigenvalue weighted by Gasteiger charge is -2.35. The number of ether oxygens (including phenoxy) is 1. The molecule has 4 rings (SSSR count). The minimum Gasteiger partial charge on any atom is -0.507 e. The van der Waals surface area contributed by atoms with Crippen LogP contribution in [0.4, 0.5) is 5.69 Å². The second-order valence-corrected chi connectivity index (χ2v) is 9.31. The molecule has 2 aromatic rings. The Balaban J connectivity index is 1.97. The number of hydrogen-bond acceptors (Lipinski definition) is 6. The highest BCUT2D eigenvalue weighted by atomic mass is 16.5. The maximum absolute atomic E-state index is 14.3. The standard InChI is InChI=1S/C28H33N3O5/c1-5-7-16-30-22-11-9-8-10-21(22)28(27(30)35)23(25(33)26(34)31(28)18-17-29(3)4)24(32)19-12-14-20(15-13-19)36-6-2/h8-15,32H,5-7,16-18H2,1-4H3/t28-/m0/s1. The number of amides is 2. The van der Waals surface area contributed by atoms with E-state index in [0.717, 1.165) is 12.8 Å². The van der Waals surface area contributed by atoms with Gasteiger partial charge in [-0.15, -0.1) is 0 Å². The number of aliphatic hydroxyl groups excluding tert-OH is 1. The zero-order chi connectivity index (χ0) is 26.0. The fraction of sp³-hybridized carbons (Fsp3) is 0.393. The highest BCUT2D eigenvalue weighted by Crippen LogP contribution is 2.53. The van der Waals surface area contributed by atoms with Crippen LogP contribution in [0.5, 0.6) is 5.75 Å². The molecule has 36 heavy (non-hydrogen) atoms. The topological polar surface area (TPSA) is 90.4 Å². The van der Waals surface area contributed by atoms with E-state index >= 15 is 0 Å². The number of nitrogens with zero attached hydrogens (tertiary/aromatic N) is 3. The Morgan fingerprint density at radius 3 is 2.33 bits per heavy atom. The minimum absolute atomic E-state index is 0.152. The van der Waals surface area contributed by atoms with Gasteiger partial charge in [0.15, 0.2) is 5.54 Å². The van der Waals surface area contributed by atoms with Crippen LogP contribution in [0.3, 0.4) is 0 Å². The highest BCUT2D eigenvalue weighted by Gasteiger charge is 2.66. The van der Waals surface area contributed by atoms with Crippen LogP contribution in [0.15, 0.2) is 54.1 Å². The molecule has 2 aromatic carbocycles. The van der Waals surface area contributed by atoms with Crippen molar-refractivity contribution < 1.29 is 24.2 Å². The molecule has 8 heteroatoms. The molecule has 1 N–H and O–H groups in total. The minimum atomic E-state index is -1.73. The van der Waals surface area contributed by atoms with Crippen molar-refractivity contribution in [3.05, 3.63) is 65.2 Å². The van der Waals surface area contributed by atoms with Gasteiger partial charge in [0.1, 0.15) is 11.5 Å². The molecule has 2 heterocycles. The highest BCUT2D eigenvalue weighted by molar-refractivity contribution is 6.50. The van der Waals surface area contributed by atoms with E-state index in [1.807, 2.05) is 45.0 Å². The zero-order valence-corrected chi connectivity index (χ0v) is 21.3. The molecule has 8 nitrogen and oxygen atoms in total. The van der Waals surface area contributed by atoms with E-state index in [-0.39, 0.29) is 23.8 Å². The normalized spacial score (nSPS) is 20.6. The number of likely N-dealkylation sites (tertiary alicyclic amines) is 1. The summed E-state index contributed by atoms with van der Waals surface area (Å²) in [6.45, 7) is 5.45. The molecule has 1 spiro atoms. The SMILES string of the molecule is CCCCN1C(=O)[C@@]2(C(=C(O)c3ccc(OCC)cc3)C(=O)C(=O)N2CCN(C)C)c2ccccc21. The Morgan fingerprint density at radius 2 is 1.69 bits per heavy atom. The number of likely N-dealkylation sites (N-methyl/N-ethyl adjacent to an activating group) is 1. The van der Waals surface area contributed by atoms with Gasteiger partial charge in [-0.3, -0.25) is 14.4 Å². The Kier molecular flexibility index (Phi) is 7.17. The quantitative estimate of drug-likeness (QED) is 0.329. The van der Waals surface area contributed by atoms with E-state index < -0.39 is 17.2 Å². The Labute approximate surface area is 211 Å².